The summed E-state index contributed by atoms with van der Waals surface area (Å²) in [6.45, 7) is 9.38. The van der Waals surface area contributed by atoms with Crippen LogP contribution in [0.2, 0.25) is 0 Å². The smallest absolute Gasteiger partial charge is 0.258 e. The van der Waals surface area contributed by atoms with Gasteiger partial charge in [0.05, 0.1) is 13.2 Å². The Morgan fingerprint density at radius 2 is 1.72 bits per heavy atom. The molecule has 1 aliphatic rings. The van der Waals surface area contributed by atoms with Gasteiger partial charge in [-0.25, -0.2) is 0 Å². The van der Waals surface area contributed by atoms with Crippen LogP contribution in [-0.4, -0.2) is 25.2 Å². The molecule has 25 heavy (non-hydrogen) atoms. The number of benzene rings is 2. The van der Waals surface area contributed by atoms with Crippen LogP contribution in [0.1, 0.15) is 41.8 Å². The van der Waals surface area contributed by atoms with Gasteiger partial charge >= 0.3 is 0 Å². The second kappa shape index (κ2) is 7.18. The summed E-state index contributed by atoms with van der Waals surface area (Å²) >= 11 is 0. The number of hydrogen-bond acceptors (Lipinski definition) is 3. The fourth-order valence-electron chi connectivity index (χ4n) is 3.04. The summed E-state index contributed by atoms with van der Waals surface area (Å²) in [5, 5.41) is 0. The van der Waals surface area contributed by atoms with E-state index in [2.05, 4.69) is 18.2 Å². The molecule has 2 aromatic rings. The molecule has 0 aromatic heterocycles. The van der Waals surface area contributed by atoms with Crippen molar-refractivity contribution in [3.05, 3.63) is 53.1 Å². The van der Waals surface area contributed by atoms with Crippen molar-refractivity contribution >= 4 is 11.6 Å². The maximum Gasteiger partial charge on any atom is 0.258 e. The SMILES string of the molecule is Cc1ccc(C)c(N(C(=O)c2ccc3c(c2)OCCCO3)C(C)C)c1. The first kappa shape index (κ1) is 17.3. The predicted octanol–water partition coefficient (Wildman–Crippen LogP) is 4.52. The van der Waals surface area contributed by atoms with E-state index >= 15 is 0 Å². The number of hydrogen-bond donors (Lipinski definition) is 0. The van der Waals surface area contributed by atoms with E-state index in [1.165, 1.54) is 0 Å². The number of carbonyl (C=O) groups excluding carboxylic acids is 1. The highest BCUT2D eigenvalue weighted by atomic mass is 16.5. The lowest BCUT2D eigenvalue weighted by Crippen LogP contribution is -2.37. The lowest BCUT2D eigenvalue weighted by atomic mass is 10.1. The van der Waals surface area contributed by atoms with Crippen molar-refractivity contribution < 1.29 is 14.3 Å². The maximum atomic E-state index is 13.3. The van der Waals surface area contributed by atoms with Crippen molar-refractivity contribution in [3.8, 4) is 11.5 Å². The molecule has 1 heterocycles. The Balaban J connectivity index is 1.99. The first-order chi connectivity index (χ1) is 12.0. The van der Waals surface area contributed by atoms with Gasteiger partial charge in [-0.05, 0) is 63.1 Å². The first-order valence-corrected chi connectivity index (χ1v) is 8.78. The molecule has 4 heteroatoms. The molecular weight excluding hydrogens is 314 g/mol. The maximum absolute atomic E-state index is 13.3. The summed E-state index contributed by atoms with van der Waals surface area (Å²) in [4.78, 5) is 15.1. The van der Waals surface area contributed by atoms with E-state index < -0.39 is 0 Å². The highest BCUT2D eigenvalue weighted by Crippen LogP contribution is 2.32. The van der Waals surface area contributed by atoms with Crippen LogP contribution >= 0.6 is 0 Å². The van der Waals surface area contributed by atoms with Gasteiger partial charge in [-0.15, -0.1) is 0 Å². The van der Waals surface area contributed by atoms with Crippen molar-refractivity contribution in [3.63, 3.8) is 0 Å². The number of fused-ring (bicyclic) bond motifs is 1. The fraction of sp³-hybridized carbons (Fsp3) is 0.381. The number of amides is 1. The monoisotopic (exact) mass is 339 g/mol. The summed E-state index contributed by atoms with van der Waals surface area (Å²) in [6, 6.07) is 11.7. The van der Waals surface area contributed by atoms with Crippen molar-refractivity contribution in [2.45, 2.75) is 40.2 Å². The Morgan fingerprint density at radius 3 is 2.44 bits per heavy atom. The highest BCUT2D eigenvalue weighted by molar-refractivity contribution is 6.07. The molecule has 0 saturated carbocycles. The number of nitrogens with zero attached hydrogens (tertiary/aromatic N) is 1. The number of ether oxygens (including phenoxy) is 2. The second-order valence-electron chi connectivity index (χ2n) is 6.77. The lowest BCUT2D eigenvalue weighted by molar-refractivity contribution is 0.0979. The molecule has 0 atom stereocenters. The number of rotatable bonds is 3. The number of carbonyl (C=O) groups is 1. The molecule has 0 radical (unpaired) electrons. The molecule has 0 aliphatic carbocycles. The number of aryl methyl sites for hydroxylation is 2. The average Bonchev–Trinajstić information content (AvgIpc) is 2.82. The predicted molar refractivity (Wildman–Crippen MR) is 99.9 cm³/mol. The zero-order valence-electron chi connectivity index (χ0n) is 15.3. The first-order valence-electron chi connectivity index (χ1n) is 8.78. The Kier molecular flexibility index (Phi) is 4.98. The standard InChI is InChI=1S/C21H25NO3/c1-14(2)22(18-12-15(3)6-7-16(18)4)21(23)17-8-9-19-20(13-17)25-11-5-10-24-19/h6-9,12-14H,5,10-11H2,1-4H3. The molecule has 132 valence electrons. The molecular formula is C21H25NO3. The van der Waals surface area contributed by atoms with Gasteiger partial charge in [-0.2, -0.15) is 0 Å². The molecule has 0 spiro atoms. The van der Waals surface area contributed by atoms with Crippen molar-refractivity contribution in [1.82, 2.24) is 0 Å². The Labute approximate surface area is 149 Å². The molecule has 0 bridgehead atoms. The molecule has 0 fully saturated rings. The van der Waals surface area contributed by atoms with E-state index in [1.807, 2.05) is 44.7 Å². The van der Waals surface area contributed by atoms with Crippen molar-refractivity contribution in [1.29, 1.82) is 0 Å². The Hall–Kier alpha value is -2.49. The summed E-state index contributed by atoms with van der Waals surface area (Å²) in [7, 11) is 0. The third-order valence-electron chi connectivity index (χ3n) is 4.35. The third-order valence-corrected chi connectivity index (χ3v) is 4.35. The van der Waals surface area contributed by atoms with Gasteiger partial charge < -0.3 is 14.4 Å². The van der Waals surface area contributed by atoms with Crippen LogP contribution in [0.5, 0.6) is 11.5 Å². The molecule has 0 unspecified atom stereocenters. The molecule has 1 aliphatic heterocycles. The van der Waals surface area contributed by atoms with Crippen molar-refractivity contribution in [2.75, 3.05) is 18.1 Å². The molecule has 3 rings (SSSR count). The topological polar surface area (TPSA) is 38.8 Å². The summed E-state index contributed by atoms with van der Waals surface area (Å²) in [5.41, 5.74) is 3.78. The second-order valence-corrected chi connectivity index (χ2v) is 6.77. The van der Waals surface area contributed by atoms with E-state index in [0.717, 1.165) is 23.2 Å². The van der Waals surface area contributed by atoms with Gasteiger partial charge in [0.2, 0.25) is 0 Å². The Bertz CT molecular complexity index is 783. The van der Waals surface area contributed by atoms with Crippen LogP contribution in [-0.2, 0) is 0 Å². The average molecular weight is 339 g/mol. The van der Waals surface area contributed by atoms with Gasteiger partial charge in [0.15, 0.2) is 11.5 Å². The minimum absolute atomic E-state index is 0.0284. The highest BCUT2D eigenvalue weighted by Gasteiger charge is 2.24. The van der Waals surface area contributed by atoms with Crippen LogP contribution in [0.15, 0.2) is 36.4 Å². The van der Waals surface area contributed by atoms with E-state index in [1.54, 1.807) is 6.07 Å². The van der Waals surface area contributed by atoms with E-state index in [4.69, 9.17) is 9.47 Å². The minimum Gasteiger partial charge on any atom is -0.490 e. The third kappa shape index (κ3) is 3.63. The molecule has 1 amide bonds. The zero-order chi connectivity index (χ0) is 18.0. The van der Waals surface area contributed by atoms with E-state index in [-0.39, 0.29) is 11.9 Å². The fourth-order valence-corrected chi connectivity index (χ4v) is 3.04. The van der Waals surface area contributed by atoms with E-state index in [0.29, 0.717) is 30.3 Å². The molecule has 2 aromatic carbocycles. The van der Waals surface area contributed by atoms with Crippen LogP contribution in [0.25, 0.3) is 0 Å². The van der Waals surface area contributed by atoms with Crippen LogP contribution in [0.3, 0.4) is 0 Å². The minimum atomic E-state index is -0.0284. The number of anilines is 1. The van der Waals surface area contributed by atoms with Gasteiger partial charge in [-0.1, -0.05) is 12.1 Å². The largest absolute Gasteiger partial charge is 0.490 e. The summed E-state index contributed by atoms with van der Waals surface area (Å²) in [6.07, 6.45) is 0.846. The quantitative estimate of drug-likeness (QED) is 0.825. The summed E-state index contributed by atoms with van der Waals surface area (Å²) in [5.74, 6) is 1.32. The summed E-state index contributed by atoms with van der Waals surface area (Å²) < 4.78 is 11.4. The Morgan fingerprint density at radius 1 is 1.00 bits per heavy atom. The van der Waals surface area contributed by atoms with Crippen LogP contribution < -0.4 is 14.4 Å². The molecule has 0 saturated heterocycles. The van der Waals surface area contributed by atoms with Gasteiger partial charge in [-0.3, -0.25) is 4.79 Å². The van der Waals surface area contributed by atoms with Crippen molar-refractivity contribution in [2.24, 2.45) is 0 Å². The van der Waals surface area contributed by atoms with E-state index in [9.17, 15) is 4.79 Å². The molecule has 0 N–H and O–H groups in total. The normalized spacial score (nSPS) is 13.5. The van der Waals surface area contributed by atoms with Gasteiger partial charge in [0.1, 0.15) is 0 Å². The van der Waals surface area contributed by atoms with Crippen LogP contribution in [0.4, 0.5) is 5.69 Å². The lowest BCUT2D eigenvalue weighted by Gasteiger charge is -2.29. The zero-order valence-corrected chi connectivity index (χ0v) is 15.3. The molecule has 4 nitrogen and oxygen atoms in total. The van der Waals surface area contributed by atoms with Crippen LogP contribution in [0, 0.1) is 13.8 Å². The van der Waals surface area contributed by atoms with Gasteiger partial charge in [0.25, 0.3) is 5.91 Å². The van der Waals surface area contributed by atoms with Gasteiger partial charge in [0, 0.05) is 23.7 Å².